The molecule has 3 aromatic rings. The van der Waals surface area contributed by atoms with Crippen molar-refractivity contribution in [2.45, 2.75) is 36.7 Å². The van der Waals surface area contributed by atoms with E-state index < -0.39 is 10.0 Å². The lowest BCUT2D eigenvalue weighted by Crippen LogP contribution is -2.49. The fourth-order valence-corrected chi connectivity index (χ4v) is 7.75. The molecule has 1 aliphatic heterocycles. The Bertz CT molecular complexity index is 1450. The van der Waals surface area contributed by atoms with Crippen LogP contribution in [-0.4, -0.2) is 65.0 Å². The molecule has 2 aliphatic rings. The molecule has 1 aliphatic carbocycles. The van der Waals surface area contributed by atoms with Crippen LogP contribution in [0.5, 0.6) is 11.5 Å². The van der Waals surface area contributed by atoms with Gasteiger partial charge in [-0.25, -0.2) is 8.42 Å². The van der Waals surface area contributed by atoms with Crippen LogP contribution in [0.3, 0.4) is 0 Å². The van der Waals surface area contributed by atoms with Crippen molar-refractivity contribution in [1.29, 1.82) is 0 Å². The van der Waals surface area contributed by atoms with Gasteiger partial charge in [0.25, 0.3) is 0 Å². The molecule has 0 unspecified atom stereocenters. The number of piperazine rings is 1. The average molecular weight is 577 g/mol. The standard InChI is InChI=1S/C26H29ClN4O5S2/c27-19-5-3-6-20(15-19)31-26(33)25(36-22-8-1-2-9-22)24(17-28-31)29-11-13-30(14-12-29)38(34,35)18-37-23-10-4-7-21(32)16-23/h3-7,10,15-17,22,32H,1-2,8-9,11-14,18H2. The third kappa shape index (κ3) is 6.12. The number of phenolic OH excluding ortho intramolecular Hbond substituents is 1. The van der Waals surface area contributed by atoms with Gasteiger partial charge >= 0.3 is 5.56 Å². The zero-order valence-electron chi connectivity index (χ0n) is 20.7. The van der Waals surface area contributed by atoms with Crippen molar-refractivity contribution in [2.24, 2.45) is 0 Å². The van der Waals surface area contributed by atoms with Crippen LogP contribution in [0.2, 0.25) is 5.02 Å². The molecule has 12 heteroatoms. The lowest BCUT2D eigenvalue weighted by molar-refractivity contribution is 0.205. The van der Waals surface area contributed by atoms with Crippen LogP contribution in [-0.2, 0) is 10.0 Å². The van der Waals surface area contributed by atoms with Crippen molar-refractivity contribution in [2.75, 3.05) is 36.2 Å². The molecular weight excluding hydrogens is 548 g/mol. The Hall–Kier alpha value is -2.73. The number of sulfonamides is 1. The van der Waals surface area contributed by atoms with Gasteiger partial charge in [0.1, 0.15) is 16.5 Å². The largest absolute Gasteiger partial charge is 0.508 e. The van der Waals surface area contributed by atoms with E-state index in [9.17, 15) is 18.3 Å². The van der Waals surface area contributed by atoms with Gasteiger partial charge in [-0.3, -0.25) is 4.79 Å². The van der Waals surface area contributed by atoms with Crippen molar-refractivity contribution in [3.63, 3.8) is 0 Å². The molecule has 0 radical (unpaired) electrons. The molecule has 0 bridgehead atoms. The summed E-state index contributed by atoms with van der Waals surface area (Å²) in [5.41, 5.74) is 0.756. The highest BCUT2D eigenvalue weighted by atomic mass is 35.5. The average Bonchev–Trinajstić information content (AvgIpc) is 3.42. The molecular formula is C26H29ClN4O5S2. The van der Waals surface area contributed by atoms with Crippen LogP contribution >= 0.6 is 23.4 Å². The van der Waals surface area contributed by atoms with Gasteiger partial charge in [-0.15, -0.1) is 11.8 Å². The molecule has 9 nitrogen and oxygen atoms in total. The van der Waals surface area contributed by atoms with Gasteiger partial charge in [-0.1, -0.05) is 23.7 Å². The summed E-state index contributed by atoms with van der Waals surface area (Å²) in [7, 11) is -3.52. The van der Waals surface area contributed by atoms with E-state index in [-0.39, 0.29) is 41.3 Å². The number of benzene rings is 2. The lowest BCUT2D eigenvalue weighted by atomic mass is 10.2. The highest BCUT2D eigenvalue weighted by Crippen LogP contribution is 2.31. The van der Waals surface area contributed by atoms with E-state index in [0.717, 1.165) is 25.7 Å². The first-order valence-corrected chi connectivity index (χ1v) is 15.5. The van der Waals surface area contributed by atoms with Gasteiger partial charge in [0, 0.05) is 36.1 Å². The lowest BCUT2D eigenvalue weighted by Gasteiger charge is -2.36. The molecule has 1 saturated heterocycles. The van der Waals surface area contributed by atoms with E-state index >= 15 is 0 Å². The summed E-state index contributed by atoms with van der Waals surface area (Å²) < 4.78 is 35.0. The zero-order chi connectivity index (χ0) is 26.7. The van der Waals surface area contributed by atoms with Gasteiger partial charge in [0.15, 0.2) is 0 Å². The van der Waals surface area contributed by atoms with Crippen LogP contribution in [0.25, 0.3) is 5.69 Å². The maximum absolute atomic E-state index is 13.6. The second-order valence-electron chi connectivity index (χ2n) is 9.34. The molecule has 0 spiro atoms. The van der Waals surface area contributed by atoms with Crippen molar-refractivity contribution in [1.82, 2.24) is 14.1 Å². The normalized spacial score (nSPS) is 17.1. The summed E-state index contributed by atoms with van der Waals surface area (Å²) in [6.07, 6.45) is 5.49. The van der Waals surface area contributed by atoms with Gasteiger partial charge < -0.3 is 14.7 Å². The molecule has 2 fully saturated rings. The van der Waals surface area contributed by atoms with Gasteiger partial charge in [0.2, 0.25) is 15.8 Å². The Labute approximate surface area is 231 Å². The third-order valence-electron chi connectivity index (χ3n) is 6.72. The fraction of sp³-hybridized carbons (Fsp3) is 0.385. The zero-order valence-corrected chi connectivity index (χ0v) is 23.1. The van der Waals surface area contributed by atoms with E-state index in [4.69, 9.17) is 16.3 Å². The summed E-state index contributed by atoms with van der Waals surface area (Å²) in [5, 5.41) is 14.4. The minimum Gasteiger partial charge on any atom is -0.508 e. The first-order chi connectivity index (χ1) is 18.3. The van der Waals surface area contributed by atoms with Crippen molar-refractivity contribution < 1.29 is 18.3 Å². The number of halogens is 1. The molecule has 202 valence electrons. The van der Waals surface area contributed by atoms with Crippen molar-refractivity contribution >= 4 is 39.1 Å². The van der Waals surface area contributed by atoms with Crippen LogP contribution in [0.4, 0.5) is 5.69 Å². The quantitative estimate of drug-likeness (QED) is 0.399. The number of nitrogens with zero attached hydrogens (tertiary/aromatic N) is 4. The summed E-state index contributed by atoms with van der Waals surface area (Å²) >= 11 is 7.31. The number of aromatic nitrogens is 2. The smallest absolute Gasteiger partial charge is 0.316 e. The number of thioether (sulfide) groups is 1. The molecule has 1 N–H and O–H groups in total. The van der Waals surface area contributed by atoms with Crippen LogP contribution in [0.15, 0.2) is 64.4 Å². The molecule has 2 heterocycles. The Kier molecular flexibility index (Phi) is 8.18. The molecule has 5 rings (SSSR count). The summed E-state index contributed by atoms with van der Waals surface area (Å²) in [4.78, 5) is 16.2. The maximum atomic E-state index is 13.6. The highest BCUT2D eigenvalue weighted by Gasteiger charge is 2.30. The Morgan fingerprint density at radius 2 is 1.79 bits per heavy atom. The Morgan fingerprint density at radius 1 is 1.05 bits per heavy atom. The van der Waals surface area contributed by atoms with E-state index in [1.165, 1.54) is 20.7 Å². The molecule has 0 atom stereocenters. The molecule has 1 saturated carbocycles. The van der Waals surface area contributed by atoms with Gasteiger partial charge in [0.05, 0.1) is 18.0 Å². The highest BCUT2D eigenvalue weighted by molar-refractivity contribution is 8.11. The predicted molar refractivity (Wildman–Crippen MR) is 149 cm³/mol. The second-order valence-corrected chi connectivity index (χ2v) is 13.2. The second kappa shape index (κ2) is 11.6. The summed E-state index contributed by atoms with van der Waals surface area (Å²) in [6, 6.07) is 13.5. The maximum Gasteiger partial charge on any atom is 0.316 e. The van der Waals surface area contributed by atoms with Gasteiger partial charge in [-0.2, -0.15) is 14.1 Å². The van der Waals surface area contributed by atoms with Gasteiger partial charge in [-0.05, 0) is 62.1 Å². The minimum atomic E-state index is -3.52. The number of ether oxygens (including phenoxy) is 1. The first-order valence-electron chi connectivity index (χ1n) is 12.5. The number of aromatic hydroxyl groups is 1. The molecule has 1 aromatic heterocycles. The van der Waals surface area contributed by atoms with E-state index in [0.29, 0.717) is 34.4 Å². The van der Waals surface area contributed by atoms with Crippen LogP contribution in [0.1, 0.15) is 25.7 Å². The van der Waals surface area contributed by atoms with E-state index in [1.807, 2.05) is 4.90 Å². The monoisotopic (exact) mass is 576 g/mol. The first kappa shape index (κ1) is 26.9. The fourth-order valence-electron chi connectivity index (χ4n) is 4.73. The Balaban J connectivity index is 1.33. The number of anilines is 1. The number of hydrogen-bond donors (Lipinski definition) is 1. The van der Waals surface area contributed by atoms with Crippen LogP contribution < -0.4 is 15.2 Å². The SMILES string of the molecule is O=c1c(OC2CCCC2)c(N2CCN(S(=O)(=O)CSc3cccc(O)c3)CC2)cnn1-c1cccc(Cl)c1. The molecule has 2 aromatic carbocycles. The molecule has 38 heavy (non-hydrogen) atoms. The predicted octanol–water partition coefficient (Wildman–Crippen LogP) is 4.11. The van der Waals surface area contributed by atoms with E-state index in [2.05, 4.69) is 5.10 Å². The topological polar surface area (TPSA) is 105 Å². The number of phenols is 1. The number of hydrogen-bond acceptors (Lipinski definition) is 8. The summed E-state index contributed by atoms with van der Waals surface area (Å²) in [5.74, 6) is 0.338. The minimum absolute atomic E-state index is 0.0345. The van der Waals surface area contributed by atoms with Crippen molar-refractivity contribution in [3.05, 3.63) is 70.1 Å². The Morgan fingerprint density at radius 3 is 2.50 bits per heavy atom. The third-order valence-corrected chi connectivity index (χ3v) is 10.4. The molecule has 0 amide bonds. The van der Waals surface area contributed by atoms with Crippen molar-refractivity contribution in [3.8, 4) is 17.2 Å². The summed E-state index contributed by atoms with van der Waals surface area (Å²) in [6.45, 7) is 1.37. The van der Waals surface area contributed by atoms with Crippen LogP contribution in [0, 0.1) is 0 Å². The van der Waals surface area contributed by atoms with E-state index in [1.54, 1.807) is 54.7 Å². The number of rotatable bonds is 8.